The van der Waals surface area contributed by atoms with E-state index in [-0.39, 0.29) is 17.6 Å². The highest BCUT2D eigenvalue weighted by molar-refractivity contribution is 5.99. The van der Waals surface area contributed by atoms with Gasteiger partial charge in [-0.2, -0.15) is 10.2 Å². The summed E-state index contributed by atoms with van der Waals surface area (Å²) >= 11 is 0. The van der Waals surface area contributed by atoms with Gasteiger partial charge in [-0.25, -0.2) is 14.3 Å². The Kier molecular flexibility index (Phi) is 3.67. The number of pyridine rings is 1. The molecule has 0 radical (unpaired) electrons. The number of aromatic amines is 1. The molecule has 8 nitrogen and oxygen atoms in total. The van der Waals surface area contributed by atoms with E-state index in [0.29, 0.717) is 17.3 Å². The Hall–Kier alpha value is -2.90. The van der Waals surface area contributed by atoms with Gasteiger partial charge in [-0.05, 0) is 44.4 Å². The van der Waals surface area contributed by atoms with Gasteiger partial charge >= 0.3 is 5.69 Å². The minimum atomic E-state index is -0.354. The molecule has 3 heterocycles. The van der Waals surface area contributed by atoms with Crippen molar-refractivity contribution in [3.8, 4) is 0 Å². The monoisotopic (exact) mass is 340 g/mol. The number of nitrogens with one attached hydrogen (secondary N) is 2. The third-order valence-corrected chi connectivity index (χ3v) is 4.70. The molecule has 0 spiro atoms. The van der Waals surface area contributed by atoms with Crippen molar-refractivity contribution in [2.75, 3.05) is 0 Å². The standard InChI is InChI=1S/C17H20N6O2/c1-10(2)23-14-8-12(6-5-11(14)9-18-23)19-16(24)13-4-3-7-22-15(13)20-21-17(22)25/h3-4,7,9-10,12H,5-6,8H2,1-2H3,(H,19,24)(H,21,25). The van der Waals surface area contributed by atoms with Crippen molar-refractivity contribution < 1.29 is 4.79 Å². The first-order valence-electron chi connectivity index (χ1n) is 8.46. The summed E-state index contributed by atoms with van der Waals surface area (Å²) in [4.78, 5) is 24.4. The fraction of sp³-hybridized carbons (Fsp3) is 0.412. The minimum Gasteiger partial charge on any atom is -0.349 e. The second kappa shape index (κ2) is 5.87. The van der Waals surface area contributed by atoms with Gasteiger partial charge in [0.05, 0.1) is 11.8 Å². The zero-order chi connectivity index (χ0) is 17.6. The number of carbonyl (C=O) groups excluding carboxylic acids is 1. The van der Waals surface area contributed by atoms with E-state index in [9.17, 15) is 9.59 Å². The van der Waals surface area contributed by atoms with Crippen LogP contribution in [-0.2, 0) is 12.8 Å². The number of hydrogen-bond acceptors (Lipinski definition) is 4. The number of nitrogens with zero attached hydrogens (tertiary/aromatic N) is 4. The molecule has 0 saturated carbocycles. The zero-order valence-electron chi connectivity index (χ0n) is 14.2. The molecule has 1 atom stereocenters. The number of carbonyl (C=O) groups is 1. The molecule has 25 heavy (non-hydrogen) atoms. The first-order valence-corrected chi connectivity index (χ1v) is 8.46. The molecule has 0 fully saturated rings. The third-order valence-electron chi connectivity index (χ3n) is 4.70. The molecule has 130 valence electrons. The molecule has 1 aliphatic rings. The Morgan fingerprint density at radius 1 is 1.44 bits per heavy atom. The summed E-state index contributed by atoms with van der Waals surface area (Å²) in [6.45, 7) is 4.21. The average molecular weight is 340 g/mol. The normalized spacial score (nSPS) is 17.0. The number of amides is 1. The lowest BCUT2D eigenvalue weighted by Gasteiger charge is -2.25. The maximum Gasteiger partial charge on any atom is 0.347 e. The van der Waals surface area contributed by atoms with Crippen LogP contribution in [0.4, 0.5) is 0 Å². The molecule has 3 aromatic heterocycles. The average Bonchev–Trinajstić information content (AvgIpc) is 3.18. The molecule has 4 rings (SSSR count). The fourth-order valence-corrected chi connectivity index (χ4v) is 3.46. The van der Waals surface area contributed by atoms with Crippen molar-refractivity contribution >= 4 is 11.6 Å². The number of aryl methyl sites for hydroxylation is 1. The van der Waals surface area contributed by atoms with Gasteiger partial charge in [0.1, 0.15) is 0 Å². The second-order valence-corrected chi connectivity index (χ2v) is 6.71. The summed E-state index contributed by atoms with van der Waals surface area (Å²) in [5.41, 5.74) is 2.84. The number of aromatic nitrogens is 5. The lowest BCUT2D eigenvalue weighted by Crippen LogP contribution is -2.39. The van der Waals surface area contributed by atoms with Gasteiger partial charge in [0.15, 0.2) is 5.65 Å². The highest BCUT2D eigenvalue weighted by atomic mass is 16.2. The van der Waals surface area contributed by atoms with Crippen LogP contribution in [0.15, 0.2) is 29.3 Å². The summed E-state index contributed by atoms with van der Waals surface area (Å²) in [6.07, 6.45) is 6.06. The fourth-order valence-electron chi connectivity index (χ4n) is 3.46. The predicted octanol–water partition coefficient (Wildman–Crippen LogP) is 1.09. The number of hydrogen-bond donors (Lipinski definition) is 2. The molecule has 2 N–H and O–H groups in total. The van der Waals surface area contributed by atoms with E-state index in [4.69, 9.17) is 0 Å². The third kappa shape index (κ3) is 2.63. The Morgan fingerprint density at radius 3 is 3.08 bits per heavy atom. The van der Waals surface area contributed by atoms with E-state index >= 15 is 0 Å². The number of H-pyrrole nitrogens is 1. The van der Waals surface area contributed by atoms with Crippen LogP contribution in [0.2, 0.25) is 0 Å². The lowest BCUT2D eigenvalue weighted by atomic mass is 9.93. The van der Waals surface area contributed by atoms with Gasteiger partial charge in [0, 0.05) is 30.4 Å². The highest BCUT2D eigenvalue weighted by Crippen LogP contribution is 2.24. The first kappa shape index (κ1) is 15.6. The smallest absolute Gasteiger partial charge is 0.347 e. The lowest BCUT2D eigenvalue weighted by molar-refractivity contribution is 0.0934. The second-order valence-electron chi connectivity index (χ2n) is 6.71. The molecule has 8 heteroatoms. The Morgan fingerprint density at radius 2 is 2.28 bits per heavy atom. The van der Waals surface area contributed by atoms with E-state index in [0.717, 1.165) is 19.3 Å². The molecular formula is C17H20N6O2. The van der Waals surface area contributed by atoms with E-state index < -0.39 is 0 Å². The quantitative estimate of drug-likeness (QED) is 0.746. The largest absolute Gasteiger partial charge is 0.349 e. The molecule has 0 aliphatic heterocycles. The van der Waals surface area contributed by atoms with Crippen LogP contribution in [0.3, 0.4) is 0 Å². The zero-order valence-corrected chi connectivity index (χ0v) is 14.2. The highest BCUT2D eigenvalue weighted by Gasteiger charge is 2.25. The van der Waals surface area contributed by atoms with Crippen molar-refractivity contribution in [2.24, 2.45) is 0 Å². The Bertz CT molecular complexity index is 996. The molecule has 0 bridgehead atoms. The number of fused-ring (bicyclic) bond motifs is 2. The van der Waals surface area contributed by atoms with Gasteiger partial charge in [-0.3, -0.25) is 9.48 Å². The molecule has 1 aliphatic carbocycles. The van der Waals surface area contributed by atoms with Crippen LogP contribution >= 0.6 is 0 Å². The summed E-state index contributed by atoms with van der Waals surface area (Å²) < 4.78 is 3.36. The van der Waals surface area contributed by atoms with E-state index in [2.05, 4.69) is 34.5 Å². The summed E-state index contributed by atoms with van der Waals surface area (Å²) in [5.74, 6) is -0.214. The van der Waals surface area contributed by atoms with Crippen LogP contribution in [0.25, 0.3) is 5.65 Å². The Balaban J connectivity index is 1.57. The van der Waals surface area contributed by atoms with Crippen LogP contribution in [0.1, 0.15) is 47.9 Å². The van der Waals surface area contributed by atoms with Crippen LogP contribution in [0, 0.1) is 0 Å². The maximum atomic E-state index is 12.7. The molecular weight excluding hydrogens is 320 g/mol. The summed E-state index contributed by atoms with van der Waals surface area (Å²) in [6, 6.07) is 3.69. The van der Waals surface area contributed by atoms with Crippen molar-refractivity contribution in [1.82, 2.24) is 29.7 Å². The van der Waals surface area contributed by atoms with Crippen LogP contribution in [-0.4, -0.2) is 36.3 Å². The van der Waals surface area contributed by atoms with Crippen molar-refractivity contribution in [2.45, 2.75) is 45.2 Å². The SMILES string of the molecule is CC(C)n1ncc2c1CC(NC(=O)c1cccn3c(=O)[nH]nc13)CC2. The first-order chi connectivity index (χ1) is 12.0. The van der Waals surface area contributed by atoms with Crippen LogP contribution < -0.4 is 11.0 Å². The van der Waals surface area contributed by atoms with E-state index in [1.54, 1.807) is 18.3 Å². The van der Waals surface area contributed by atoms with Gasteiger partial charge in [-0.1, -0.05) is 0 Å². The van der Waals surface area contributed by atoms with Crippen molar-refractivity contribution in [3.05, 3.63) is 51.8 Å². The molecule has 0 saturated heterocycles. The van der Waals surface area contributed by atoms with Gasteiger partial charge < -0.3 is 5.32 Å². The van der Waals surface area contributed by atoms with Gasteiger partial charge in [0.2, 0.25) is 0 Å². The van der Waals surface area contributed by atoms with Crippen molar-refractivity contribution in [1.29, 1.82) is 0 Å². The number of rotatable bonds is 3. The van der Waals surface area contributed by atoms with Crippen LogP contribution in [0.5, 0.6) is 0 Å². The van der Waals surface area contributed by atoms with Gasteiger partial charge in [-0.15, -0.1) is 0 Å². The summed E-state index contributed by atoms with van der Waals surface area (Å²) in [5, 5.41) is 13.9. The van der Waals surface area contributed by atoms with Crippen molar-refractivity contribution in [3.63, 3.8) is 0 Å². The van der Waals surface area contributed by atoms with E-state index in [1.165, 1.54) is 15.7 Å². The summed E-state index contributed by atoms with van der Waals surface area (Å²) in [7, 11) is 0. The molecule has 0 aromatic carbocycles. The van der Waals surface area contributed by atoms with Gasteiger partial charge in [0.25, 0.3) is 5.91 Å². The molecule has 1 unspecified atom stereocenters. The minimum absolute atomic E-state index is 0.0418. The predicted molar refractivity (Wildman–Crippen MR) is 91.7 cm³/mol. The topological polar surface area (TPSA) is 97.1 Å². The molecule has 1 amide bonds. The molecule has 3 aromatic rings. The Labute approximate surface area is 143 Å². The maximum absolute atomic E-state index is 12.7. The van der Waals surface area contributed by atoms with E-state index in [1.807, 2.05) is 10.9 Å².